The van der Waals surface area contributed by atoms with Crippen molar-refractivity contribution in [3.05, 3.63) is 36.4 Å². The molecule has 1 aromatic carbocycles. The van der Waals surface area contributed by atoms with Gasteiger partial charge in [-0.05, 0) is 17.7 Å². The lowest BCUT2D eigenvalue weighted by Gasteiger charge is -2.11. The predicted molar refractivity (Wildman–Crippen MR) is 56.7 cm³/mol. The van der Waals surface area contributed by atoms with Crippen LogP contribution in [-0.2, 0) is 0 Å². The maximum Gasteiger partial charge on any atom is 0.161 e. The number of hydrogen-bond acceptors (Lipinski definition) is 3. The molecular formula is C11H15NO2. The van der Waals surface area contributed by atoms with Crippen LogP contribution in [0.4, 0.5) is 0 Å². The van der Waals surface area contributed by atoms with Crippen LogP contribution in [0.5, 0.6) is 11.5 Å². The second kappa shape index (κ2) is 4.67. The van der Waals surface area contributed by atoms with Gasteiger partial charge in [-0.3, -0.25) is 0 Å². The summed E-state index contributed by atoms with van der Waals surface area (Å²) in [5.41, 5.74) is 6.75. The molecule has 76 valence electrons. The van der Waals surface area contributed by atoms with Crippen LogP contribution in [0.1, 0.15) is 11.6 Å². The molecule has 0 saturated heterocycles. The molecular weight excluding hydrogens is 178 g/mol. The van der Waals surface area contributed by atoms with E-state index >= 15 is 0 Å². The maximum atomic E-state index is 5.79. The third-order valence-corrected chi connectivity index (χ3v) is 2.05. The minimum Gasteiger partial charge on any atom is -0.493 e. The molecule has 0 amide bonds. The third-order valence-electron chi connectivity index (χ3n) is 2.05. The predicted octanol–water partition coefficient (Wildman–Crippen LogP) is 1.89. The molecule has 3 nitrogen and oxygen atoms in total. The van der Waals surface area contributed by atoms with Gasteiger partial charge in [0.1, 0.15) is 0 Å². The van der Waals surface area contributed by atoms with Crippen LogP contribution in [0.3, 0.4) is 0 Å². The molecule has 0 fully saturated rings. The van der Waals surface area contributed by atoms with E-state index in [1.807, 2.05) is 18.2 Å². The molecule has 0 aliphatic carbocycles. The standard InChI is InChI=1S/C11H15NO2/c1-4-9(12)8-5-6-10(13-2)11(7-8)14-3/h4-7,9H,1,12H2,2-3H3/t9-/m0/s1. The van der Waals surface area contributed by atoms with E-state index in [0.29, 0.717) is 11.5 Å². The van der Waals surface area contributed by atoms with Gasteiger partial charge in [-0.25, -0.2) is 0 Å². The van der Waals surface area contributed by atoms with Gasteiger partial charge in [-0.15, -0.1) is 6.58 Å². The zero-order valence-corrected chi connectivity index (χ0v) is 8.49. The highest BCUT2D eigenvalue weighted by Gasteiger charge is 2.07. The van der Waals surface area contributed by atoms with Crippen molar-refractivity contribution in [2.24, 2.45) is 5.73 Å². The number of benzene rings is 1. The van der Waals surface area contributed by atoms with Crippen LogP contribution in [0, 0.1) is 0 Å². The summed E-state index contributed by atoms with van der Waals surface area (Å²) < 4.78 is 10.3. The van der Waals surface area contributed by atoms with Crippen LogP contribution in [0.2, 0.25) is 0 Å². The molecule has 14 heavy (non-hydrogen) atoms. The second-order valence-electron chi connectivity index (χ2n) is 2.88. The molecule has 0 unspecified atom stereocenters. The molecule has 1 atom stereocenters. The van der Waals surface area contributed by atoms with Crippen molar-refractivity contribution in [1.29, 1.82) is 0 Å². The van der Waals surface area contributed by atoms with Gasteiger partial charge in [0.25, 0.3) is 0 Å². The molecule has 2 N–H and O–H groups in total. The number of ether oxygens (including phenoxy) is 2. The molecule has 0 aliphatic rings. The topological polar surface area (TPSA) is 44.5 Å². The molecule has 3 heteroatoms. The van der Waals surface area contributed by atoms with Gasteiger partial charge in [-0.1, -0.05) is 12.1 Å². The van der Waals surface area contributed by atoms with Crippen molar-refractivity contribution >= 4 is 0 Å². The van der Waals surface area contributed by atoms with Gasteiger partial charge < -0.3 is 15.2 Å². The first-order chi connectivity index (χ1) is 6.72. The maximum absolute atomic E-state index is 5.79. The van der Waals surface area contributed by atoms with Crippen LogP contribution < -0.4 is 15.2 Å². The second-order valence-corrected chi connectivity index (χ2v) is 2.88. The Kier molecular flexibility index (Phi) is 3.54. The fourth-order valence-electron chi connectivity index (χ4n) is 1.20. The van der Waals surface area contributed by atoms with E-state index < -0.39 is 0 Å². The molecule has 1 aromatic rings. The van der Waals surface area contributed by atoms with Crippen LogP contribution >= 0.6 is 0 Å². The van der Waals surface area contributed by atoms with Crippen molar-refractivity contribution in [3.8, 4) is 11.5 Å². The summed E-state index contributed by atoms with van der Waals surface area (Å²) in [5, 5.41) is 0. The number of methoxy groups -OCH3 is 2. The smallest absolute Gasteiger partial charge is 0.161 e. The third kappa shape index (κ3) is 2.06. The van der Waals surface area contributed by atoms with Crippen LogP contribution in [-0.4, -0.2) is 14.2 Å². The Hall–Kier alpha value is -1.48. The fraction of sp³-hybridized carbons (Fsp3) is 0.273. The Labute approximate surface area is 84.1 Å². The first-order valence-electron chi connectivity index (χ1n) is 4.33. The normalized spacial score (nSPS) is 11.9. The summed E-state index contributed by atoms with van der Waals surface area (Å²) in [4.78, 5) is 0. The lowest BCUT2D eigenvalue weighted by molar-refractivity contribution is 0.354. The Morgan fingerprint density at radius 1 is 1.29 bits per heavy atom. The first-order valence-corrected chi connectivity index (χ1v) is 4.33. The average Bonchev–Trinajstić information content (AvgIpc) is 2.26. The highest BCUT2D eigenvalue weighted by molar-refractivity contribution is 5.44. The van der Waals surface area contributed by atoms with Crippen molar-refractivity contribution in [1.82, 2.24) is 0 Å². The summed E-state index contributed by atoms with van der Waals surface area (Å²) in [6.07, 6.45) is 1.68. The monoisotopic (exact) mass is 193 g/mol. The molecule has 0 saturated carbocycles. The van der Waals surface area contributed by atoms with E-state index in [1.165, 1.54) is 0 Å². The highest BCUT2D eigenvalue weighted by Crippen LogP contribution is 2.29. The minimum absolute atomic E-state index is 0.171. The lowest BCUT2D eigenvalue weighted by Crippen LogP contribution is -2.06. The van der Waals surface area contributed by atoms with Gasteiger partial charge in [0.05, 0.1) is 14.2 Å². The molecule has 0 aromatic heterocycles. The Morgan fingerprint density at radius 3 is 2.43 bits per heavy atom. The Bertz CT molecular complexity index is 323. The molecule has 1 rings (SSSR count). The first kappa shape index (κ1) is 10.6. The van der Waals surface area contributed by atoms with E-state index in [0.717, 1.165) is 5.56 Å². The minimum atomic E-state index is -0.171. The number of nitrogens with two attached hydrogens (primary N) is 1. The van der Waals surface area contributed by atoms with Gasteiger partial charge >= 0.3 is 0 Å². The fourth-order valence-corrected chi connectivity index (χ4v) is 1.20. The highest BCUT2D eigenvalue weighted by atomic mass is 16.5. The molecule has 0 aliphatic heterocycles. The summed E-state index contributed by atoms with van der Waals surface area (Å²) in [6.45, 7) is 3.64. The van der Waals surface area contributed by atoms with Crippen LogP contribution in [0.25, 0.3) is 0 Å². The quantitative estimate of drug-likeness (QED) is 0.743. The van der Waals surface area contributed by atoms with Gasteiger partial charge in [0.15, 0.2) is 11.5 Å². The van der Waals surface area contributed by atoms with Crippen molar-refractivity contribution in [3.63, 3.8) is 0 Å². The van der Waals surface area contributed by atoms with Crippen molar-refractivity contribution < 1.29 is 9.47 Å². The number of rotatable bonds is 4. The molecule has 0 spiro atoms. The van der Waals surface area contributed by atoms with E-state index in [1.54, 1.807) is 20.3 Å². The molecule has 0 bridgehead atoms. The van der Waals surface area contributed by atoms with Gasteiger partial charge in [0, 0.05) is 6.04 Å². The number of hydrogen-bond donors (Lipinski definition) is 1. The van der Waals surface area contributed by atoms with E-state index in [-0.39, 0.29) is 6.04 Å². The van der Waals surface area contributed by atoms with Gasteiger partial charge in [-0.2, -0.15) is 0 Å². The Balaban J connectivity index is 3.06. The lowest BCUT2D eigenvalue weighted by atomic mass is 10.1. The van der Waals surface area contributed by atoms with Crippen molar-refractivity contribution in [2.75, 3.05) is 14.2 Å². The zero-order chi connectivity index (χ0) is 10.6. The van der Waals surface area contributed by atoms with Gasteiger partial charge in [0.2, 0.25) is 0 Å². The average molecular weight is 193 g/mol. The van der Waals surface area contributed by atoms with Crippen molar-refractivity contribution in [2.45, 2.75) is 6.04 Å². The summed E-state index contributed by atoms with van der Waals surface area (Å²) in [6, 6.07) is 5.41. The van der Waals surface area contributed by atoms with Crippen LogP contribution in [0.15, 0.2) is 30.9 Å². The molecule has 0 heterocycles. The zero-order valence-electron chi connectivity index (χ0n) is 8.49. The summed E-state index contributed by atoms with van der Waals surface area (Å²) >= 11 is 0. The van der Waals surface area contributed by atoms with E-state index in [9.17, 15) is 0 Å². The SMILES string of the molecule is C=C[C@H](N)c1ccc(OC)c(OC)c1. The van der Waals surface area contributed by atoms with E-state index in [4.69, 9.17) is 15.2 Å². The summed E-state index contributed by atoms with van der Waals surface area (Å²) in [5.74, 6) is 1.38. The molecule has 0 radical (unpaired) electrons. The Morgan fingerprint density at radius 2 is 1.93 bits per heavy atom. The largest absolute Gasteiger partial charge is 0.493 e. The summed E-state index contributed by atoms with van der Waals surface area (Å²) in [7, 11) is 3.20. The van der Waals surface area contributed by atoms with E-state index in [2.05, 4.69) is 6.58 Å².